The fourth-order valence-corrected chi connectivity index (χ4v) is 3.62. The van der Waals surface area contributed by atoms with Gasteiger partial charge in [0.05, 0.1) is 24.5 Å². The van der Waals surface area contributed by atoms with Crippen molar-refractivity contribution >= 4 is 39.9 Å². The molecule has 2 aromatic rings. The molecule has 1 fully saturated rings. The number of carbonyl (C=O) groups is 1. The summed E-state index contributed by atoms with van der Waals surface area (Å²) in [6.07, 6.45) is 0. The molecule has 2 N–H and O–H groups in total. The fourth-order valence-electron chi connectivity index (χ4n) is 2.97. The van der Waals surface area contributed by atoms with Crippen LogP contribution < -0.4 is 10.6 Å². The van der Waals surface area contributed by atoms with E-state index in [0.717, 1.165) is 47.7 Å². The van der Waals surface area contributed by atoms with Crippen LogP contribution in [0.15, 0.2) is 36.4 Å². The minimum absolute atomic E-state index is 0.284. The van der Waals surface area contributed by atoms with Gasteiger partial charge in [-0.25, -0.2) is 4.39 Å². The van der Waals surface area contributed by atoms with Gasteiger partial charge in [-0.1, -0.05) is 0 Å². The Morgan fingerprint density at radius 2 is 1.93 bits per heavy atom. The summed E-state index contributed by atoms with van der Waals surface area (Å²) in [7, 11) is 0. The van der Waals surface area contributed by atoms with Gasteiger partial charge in [0.15, 0.2) is 0 Å². The number of anilines is 2. The molecule has 1 aliphatic rings. The first kappa shape index (κ1) is 20.0. The minimum atomic E-state index is -0.432. The molecule has 0 aliphatic carbocycles. The monoisotopic (exact) mass is 483 g/mol. The number of nitrogens with zero attached hydrogens (tertiary/aromatic N) is 1. The van der Waals surface area contributed by atoms with Crippen LogP contribution in [0.4, 0.5) is 15.8 Å². The topological polar surface area (TPSA) is 53.6 Å². The van der Waals surface area contributed by atoms with Crippen molar-refractivity contribution in [2.45, 2.75) is 6.92 Å². The maximum atomic E-state index is 13.8. The lowest BCUT2D eigenvalue weighted by atomic mass is 10.1. The predicted octanol–water partition coefficient (Wildman–Crippen LogP) is 3.54. The second-order valence-corrected chi connectivity index (χ2v) is 7.73. The second kappa shape index (κ2) is 9.48. The highest BCUT2D eigenvalue weighted by Crippen LogP contribution is 2.25. The van der Waals surface area contributed by atoms with Crippen molar-refractivity contribution in [3.05, 3.63) is 56.9 Å². The van der Waals surface area contributed by atoms with Crippen LogP contribution in [0, 0.1) is 16.3 Å². The van der Waals surface area contributed by atoms with Crippen LogP contribution in [0.25, 0.3) is 0 Å². The van der Waals surface area contributed by atoms with Gasteiger partial charge in [0, 0.05) is 35.4 Å². The van der Waals surface area contributed by atoms with Crippen LogP contribution >= 0.6 is 22.6 Å². The van der Waals surface area contributed by atoms with Crippen LogP contribution in [0.3, 0.4) is 0 Å². The first-order valence-electron chi connectivity index (χ1n) is 8.94. The number of hydrogen-bond donors (Lipinski definition) is 2. The molecule has 3 rings (SSSR count). The van der Waals surface area contributed by atoms with Crippen molar-refractivity contribution in [3.8, 4) is 0 Å². The Morgan fingerprint density at radius 3 is 2.67 bits per heavy atom. The lowest BCUT2D eigenvalue weighted by Gasteiger charge is -2.26. The molecule has 27 heavy (non-hydrogen) atoms. The molecule has 144 valence electrons. The molecule has 1 amide bonds. The van der Waals surface area contributed by atoms with Gasteiger partial charge >= 0.3 is 0 Å². The van der Waals surface area contributed by atoms with Gasteiger partial charge in [-0.3, -0.25) is 9.69 Å². The summed E-state index contributed by atoms with van der Waals surface area (Å²) in [5.41, 5.74) is 2.84. The second-order valence-electron chi connectivity index (χ2n) is 6.48. The van der Waals surface area contributed by atoms with Crippen molar-refractivity contribution in [3.63, 3.8) is 0 Å². The van der Waals surface area contributed by atoms with E-state index in [9.17, 15) is 9.18 Å². The van der Waals surface area contributed by atoms with Crippen LogP contribution in [0.1, 0.15) is 15.9 Å². The molecular weight excluding hydrogens is 460 g/mol. The summed E-state index contributed by atoms with van der Waals surface area (Å²) in [5, 5.41) is 6.15. The number of rotatable bonds is 6. The molecule has 0 spiro atoms. The first-order chi connectivity index (χ1) is 13.0. The van der Waals surface area contributed by atoms with E-state index >= 15 is 0 Å². The average molecular weight is 483 g/mol. The Balaban J connectivity index is 1.68. The Labute approximate surface area is 172 Å². The molecule has 1 heterocycles. The zero-order valence-corrected chi connectivity index (χ0v) is 17.4. The van der Waals surface area contributed by atoms with Gasteiger partial charge < -0.3 is 15.4 Å². The Bertz CT molecular complexity index is 810. The third kappa shape index (κ3) is 5.63. The summed E-state index contributed by atoms with van der Waals surface area (Å²) in [5.74, 6) is -0.716. The van der Waals surface area contributed by atoms with E-state index in [1.807, 2.05) is 19.1 Å². The number of nitrogens with one attached hydrogen (secondary N) is 2. The summed E-state index contributed by atoms with van der Waals surface area (Å²) >= 11 is 2.25. The van der Waals surface area contributed by atoms with E-state index in [-0.39, 0.29) is 5.91 Å². The summed E-state index contributed by atoms with van der Waals surface area (Å²) in [4.78, 5) is 14.9. The van der Waals surface area contributed by atoms with Crippen molar-refractivity contribution in [2.24, 2.45) is 0 Å². The normalized spacial score (nSPS) is 14.8. The number of halogens is 2. The SMILES string of the molecule is Cc1cc(I)ccc1Nc1ccc(F)cc1C(=O)NCCN1CCOCC1. The Hall–Kier alpha value is -1.71. The van der Waals surface area contributed by atoms with E-state index in [4.69, 9.17) is 4.74 Å². The molecule has 0 radical (unpaired) electrons. The Morgan fingerprint density at radius 1 is 1.19 bits per heavy atom. The molecule has 0 aromatic heterocycles. The molecule has 1 saturated heterocycles. The van der Waals surface area contributed by atoms with Crippen LogP contribution in [0.2, 0.25) is 0 Å². The molecular formula is C20H23FIN3O2. The van der Waals surface area contributed by atoms with Gasteiger partial charge in [0.1, 0.15) is 5.82 Å². The van der Waals surface area contributed by atoms with Gasteiger partial charge in [0.2, 0.25) is 0 Å². The number of hydrogen-bond acceptors (Lipinski definition) is 4. The standard InChI is InChI=1S/C20H23FIN3O2/c1-14-12-16(22)3-5-18(14)24-19-4-2-15(21)13-17(19)20(26)23-6-7-25-8-10-27-11-9-25/h2-5,12-13,24H,6-11H2,1H3,(H,23,26). The molecule has 0 bridgehead atoms. The van der Waals surface area contributed by atoms with E-state index in [0.29, 0.717) is 17.8 Å². The van der Waals surface area contributed by atoms with Crippen molar-refractivity contribution in [1.29, 1.82) is 0 Å². The van der Waals surface area contributed by atoms with Crippen molar-refractivity contribution < 1.29 is 13.9 Å². The molecule has 7 heteroatoms. The number of benzene rings is 2. The first-order valence-corrected chi connectivity index (χ1v) is 10.0. The molecule has 2 aromatic carbocycles. The van der Waals surface area contributed by atoms with Gasteiger partial charge in [-0.2, -0.15) is 0 Å². The van der Waals surface area contributed by atoms with Crippen LogP contribution in [-0.2, 0) is 4.74 Å². The predicted molar refractivity (Wildman–Crippen MR) is 113 cm³/mol. The summed E-state index contributed by atoms with van der Waals surface area (Å²) < 4.78 is 20.2. The molecule has 0 atom stereocenters. The zero-order valence-electron chi connectivity index (χ0n) is 15.2. The molecule has 0 unspecified atom stereocenters. The number of carbonyl (C=O) groups excluding carboxylic acids is 1. The number of morpholine rings is 1. The maximum Gasteiger partial charge on any atom is 0.253 e. The van der Waals surface area contributed by atoms with E-state index in [1.165, 1.54) is 12.1 Å². The number of ether oxygens (including phenoxy) is 1. The third-order valence-electron chi connectivity index (χ3n) is 4.50. The van der Waals surface area contributed by atoms with Crippen molar-refractivity contribution in [1.82, 2.24) is 10.2 Å². The summed E-state index contributed by atoms with van der Waals surface area (Å²) in [6, 6.07) is 10.2. The quantitative estimate of drug-likeness (QED) is 0.618. The highest BCUT2D eigenvalue weighted by Gasteiger charge is 2.15. The number of aryl methyl sites for hydroxylation is 1. The van der Waals surface area contributed by atoms with Crippen LogP contribution in [-0.4, -0.2) is 50.2 Å². The maximum absolute atomic E-state index is 13.8. The molecule has 0 saturated carbocycles. The number of amides is 1. The smallest absolute Gasteiger partial charge is 0.253 e. The largest absolute Gasteiger partial charge is 0.379 e. The highest BCUT2D eigenvalue weighted by atomic mass is 127. The third-order valence-corrected chi connectivity index (χ3v) is 5.17. The van der Waals surface area contributed by atoms with Gasteiger partial charge in [-0.15, -0.1) is 0 Å². The molecule has 1 aliphatic heterocycles. The molecule has 5 nitrogen and oxygen atoms in total. The zero-order chi connectivity index (χ0) is 19.2. The van der Waals surface area contributed by atoms with Gasteiger partial charge in [-0.05, 0) is 71.5 Å². The average Bonchev–Trinajstić information content (AvgIpc) is 2.66. The Kier molecular flexibility index (Phi) is 7.03. The van der Waals surface area contributed by atoms with Gasteiger partial charge in [0.25, 0.3) is 5.91 Å². The highest BCUT2D eigenvalue weighted by molar-refractivity contribution is 14.1. The van der Waals surface area contributed by atoms with Crippen molar-refractivity contribution in [2.75, 3.05) is 44.7 Å². The van der Waals surface area contributed by atoms with E-state index in [2.05, 4.69) is 44.2 Å². The lowest BCUT2D eigenvalue weighted by molar-refractivity contribution is 0.0383. The van der Waals surface area contributed by atoms with E-state index < -0.39 is 5.82 Å². The lowest BCUT2D eigenvalue weighted by Crippen LogP contribution is -2.41. The van der Waals surface area contributed by atoms with Crippen LogP contribution in [0.5, 0.6) is 0 Å². The summed E-state index contributed by atoms with van der Waals surface area (Å²) in [6.45, 7) is 6.45. The van der Waals surface area contributed by atoms with E-state index in [1.54, 1.807) is 6.07 Å². The fraction of sp³-hybridized carbons (Fsp3) is 0.350. The minimum Gasteiger partial charge on any atom is -0.379 e.